The second-order valence-corrected chi connectivity index (χ2v) is 7.83. The first kappa shape index (κ1) is 20.4. The first-order valence-electron chi connectivity index (χ1n) is 8.94. The Morgan fingerprint density at radius 3 is 2.07 bits per heavy atom. The molecule has 0 aromatic heterocycles. The molecule has 144 valence electrons. The Labute approximate surface area is 176 Å². The van der Waals surface area contributed by atoms with Crippen molar-refractivity contribution in [2.45, 2.75) is 16.7 Å². The lowest BCUT2D eigenvalue weighted by Gasteiger charge is -2.30. The van der Waals surface area contributed by atoms with Crippen LogP contribution in [0.25, 0.3) is 0 Å². The molecule has 0 fully saturated rings. The molecular formula is C23H17BrN2O3. The van der Waals surface area contributed by atoms with Gasteiger partial charge >= 0.3 is 0 Å². The molecule has 0 saturated heterocycles. The van der Waals surface area contributed by atoms with Crippen molar-refractivity contribution in [3.63, 3.8) is 0 Å². The number of alkyl halides is 1. The molecule has 0 radical (unpaired) electrons. The minimum absolute atomic E-state index is 0.0573. The lowest BCUT2D eigenvalue weighted by Crippen LogP contribution is -2.28. The minimum Gasteiger partial charge on any atom is -0.294 e. The summed E-state index contributed by atoms with van der Waals surface area (Å²) in [5.41, 5.74) is 1.90. The van der Waals surface area contributed by atoms with Crippen LogP contribution in [0, 0.1) is 21.4 Å². The zero-order chi connectivity index (χ0) is 20.9. The molecule has 3 aromatic rings. The van der Waals surface area contributed by atoms with E-state index in [2.05, 4.69) is 22.0 Å². The summed E-state index contributed by atoms with van der Waals surface area (Å²) in [6, 6.07) is 26.4. The number of ketones is 1. The van der Waals surface area contributed by atoms with E-state index in [0.717, 1.165) is 5.56 Å². The van der Waals surface area contributed by atoms with Gasteiger partial charge in [-0.15, -0.1) is 0 Å². The lowest BCUT2D eigenvalue weighted by atomic mass is 9.78. The van der Waals surface area contributed by atoms with Crippen LogP contribution in [0.5, 0.6) is 0 Å². The molecule has 3 rings (SSSR count). The van der Waals surface area contributed by atoms with Crippen LogP contribution < -0.4 is 0 Å². The van der Waals surface area contributed by atoms with Crippen molar-refractivity contribution in [2.24, 2.45) is 0 Å². The van der Waals surface area contributed by atoms with Gasteiger partial charge < -0.3 is 0 Å². The van der Waals surface area contributed by atoms with Gasteiger partial charge in [-0.25, -0.2) is 0 Å². The molecule has 2 unspecified atom stereocenters. The van der Waals surface area contributed by atoms with E-state index in [1.165, 1.54) is 12.1 Å². The van der Waals surface area contributed by atoms with Crippen LogP contribution >= 0.6 is 15.9 Å². The molecule has 0 amide bonds. The van der Waals surface area contributed by atoms with Gasteiger partial charge in [0.1, 0.15) is 4.32 Å². The Kier molecular flexibility index (Phi) is 6.20. The van der Waals surface area contributed by atoms with Gasteiger partial charge in [0, 0.05) is 30.0 Å². The summed E-state index contributed by atoms with van der Waals surface area (Å²) in [5.74, 6) is -0.580. The van der Waals surface area contributed by atoms with Crippen LogP contribution in [0.15, 0.2) is 84.9 Å². The molecule has 2 atom stereocenters. The molecule has 5 nitrogen and oxygen atoms in total. The summed E-state index contributed by atoms with van der Waals surface area (Å²) in [6.45, 7) is 0. The van der Waals surface area contributed by atoms with Crippen molar-refractivity contribution in [1.29, 1.82) is 5.26 Å². The van der Waals surface area contributed by atoms with Gasteiger partial charge in [0.05, 0.1) is 11.0 Å². The molecule has 0 heterocycles. The van der Waals surface area contributed by atoms with Crippen molar-refractivity contribution in [3.05, 3.63) is 112 Å². The van der Waals surface area contributed by atoms with Gasteiger partial charge in [0.15, 0.2) is 5.78 Å². The first-order valence-corrected chi connectivity index (χ1v) is 9.73. The summed E-state index contributed by atoms with van der Waals surface area (Å²) < 4.78 is -1.23. The van der Waals surface area contributed by atoms with E-state index in [1.807, 2.05) is 36.4 Å². The van der Waals surface area contributed by atoms with Crippen LogP contribution in [0.4, 0.5) is 5.69 Å². The fourth-order valence-corrected chi connectivity index (χ4v) is 3.96. The number of non-ortho nitro benzene ring substituents is 1. The normalized spacial score (nSPS) is 13.7. The monoisotopic (exact) mass is 448 g/mol. The molecule has 6 heteroatoms. The third-order valence-corrected chi connectivity index (χ3v) is 6.02. The van der Waals surface area contributed by atoms with Crippen LogP contribution in [0.1, 0.15) is 33.8 Å². The van der Waals surface area contributed by atoms with Gasteiger partial charge in [0.25, 0.3) is 5.69 Å². The van der Waals surface area contributed by atoms with Crippen LogP contribution in [-0.2, 0) is 4.32 Å². The highest BCUT2D eigenvalue weighted by Gasteiger charge is 2.41. The molecule has 0 aliphatic carbocycles. The van der Waals surface area contributed by atoms with E-state index in [9.17, 15) is 20.2 Å². The Hall–Kier alpha value is -3.30. The second-order valence-electron chi connectivity index (χ2n) is 6.58. The third kappa shape index (κ3) is 4.41. The predicted molar refractivity (Wildman–Crippen MR) is 114 cm³/mol. The number of carbonyl (C=O) groups is 1. The first-order chi connectivity index (χ1) is 14.0. The van der Waals surface area contributed by atoms with E-state index in [0.29, 0.717) is 11.1 Å². The zero-order valence-corrected chi connectivity index (χ0v) is 17.0. The standard InChI is InChI=1S/C23H17BrN2O3/c24-23(16-25,19-11-13-20(14-12-19)26(28)29)21(17-7-3-1-4-8-17)15-22(27)18-9-5-2-6-10-18/h1-14,21H,15H2. The second kappa shape index (κ2) is 8.80. The number of hydrogen-bond acceptors (Lipinski definition) is 4. The Morgan fingerprint density at radius 2 is 1.55 bits per heavy atom. The van der Waals surface area contributed by atoms with E-state index in [-0.39, 0.29) is 17.9 Å². The number of nitro groups is 1. The number of rotatable bonds is 7. The number of nitriles is 1. The maximum Gasteiger partial charge on any atom is 0.269 e. The summed E-state index contributed by atoms with van der Waals surface area (Å²) in [7, 11) is 0. The average molecular weight is 449 g/mol. The topological polar surface area (TPSA) is 84.0 Å². The van der Waals surface area contributed by atoms with Gasteiger partial charge in [-0.1, -0.05) is 76.6 Å². The van der Waals surface area contributed by atoms with Crippen LogP contribution in [0.2, 0.25) is 0 Å². The SMILES string of the molecule is N#CC(Br)(c1ccc([N+](=O)[O-])cc1)C(CC(=O)c1ccccc1)c1ccccc1. The number of nitrogens with zero attached hydrogens (tertiary/aromatic N) is 2. The Balaban J connectivity index is 2.04. The zero-order valence-electron chi connectivity index (χ0n) is 15.4. The number of carbonyl (C=O) groups excluding carboxylic acids is 1. The lowest BCUT2D eigenvalue weighted by molar-refractivity contribution is -0.384. The predicted octanol–water partition coefficient (Wildman–Crippen LogP) is 5.77. The van der Waals surface area contributed by atoms with Crippen LogP contribution in [-0.4, -0.2) is 10.7 Å². The maximum absolute atomic E-state index is 12.9. The Morgan fingerprint density at radius 1 is 1.00 bits per heavy atom. The van der Waals surface area contributed by atoms with E-state index < -0.39 is 15.2 Å². The van der Waals surface area contributed by atoms with Gasteiger partial charge in [-0.3, -0.25) is 14.9 Å². The fourth-order valence-electron chi connectivity index (χ4n) is 3.27. The number of nitro benzene ring substituents is 1. The summed E-state index contributed by atoms with van der Waals surface area (Å²) in [4.78, 5) is 23.4. The summed E-state index contributed by atoms with van der Waals surface area (Å²) in [5, 5.41) is 21.1. The largest absolute Gasteiger partial charge is 0.294 e. The van der Waals surface area contributed by atoms with E-state index >= 15 is 0 Å². The molecule has 0 saturated carbocycles. The minimum atomic E-state index is -1.23. The molecule has 29 heavy (non-hydrogen) atoms. The molecule has 3 aromatic carbocycles. The summed E-state index contributed by atoms with van der Waals surface area (Å²) >= 11 is 3.58. The quantitative estimate of drug-likeness (QED) is 0.199. The molecule has 0 N–H and O–H groups in total. The summed E-state index contributed by atoms with van der Waals surface area (Å²) in [6.07, 6.45) is 0.101. The fraction of sp³-hybridized carbons (Fsp3) is 0.130. The highest BCUT2D eigenvalue weighted by atomic mass is 79.9. The number of hydrogen-bond donors (Lipinski definition) is 0. The van der Waals surface area contributed by atoms with Gasteiger partial charge in [0.2, 0.25) is 0 Å². The van der Waals surface area contributed by atoms with E-state index in [1.54, 1.807) is 36.4 Å². The molecule has 0 aliphatic heterocycles. The van der Waals surface area contributed by atoms with Gasteiger partial charge in [-0.2, -0.15) is 5.26 Å². The highest BCUT2D eigenvalue weighted by molar-refractivity contribution is 9.09. The van der Waals surface area contributed by atoms with Gasteiger partial charge in [-0.05, 0) is 23.3 Å². The van der Waals surface area contributed by atoms with Crippen molar-refractivity contribution < 1.29 is 9.72 Å². The van der Waals surface area contributed by atoms with Crippen molar-refractivity contribution in [2.75, 3.05) is 0 Å². The Bertz CT molecular complexity index is 1050. The van der Waals surface area contributed by atoms with Crippen molar-refractivity contribution in [3.8, 4) is 6.07 Å². The molecule has 0 bridgehead atoms. The third-order valence-electron chi connectivity index (χ3n) is 4.83. The van der Waals surface area contributed by atoms with E-state index in [4.69, 9.17) is 0 Å². The smallest absolute Gasteiger partial charge is 0.269 e. The average Bonchev–Trinajstić information content (AvgIpc) is 2.78. The number of benzene rings is 3. The highest BCUT2D eigenvalue weighted by Crippen LogP contribution is 2.46. The molecular weight excluding hydrogens is 432 g/mol. The van der Waals surface area contributed by atoms with Crippen molar-refractivity contribution >= 4 is 27.4 Å². The number of halogens is 1. The van der Waals surface area contributed by atoms with Crippen molar-refractivity contribution in [1.82, 2.24) is 0 Å². The maximum atomic E-state index is 12.9. The number of Topliss-reactive ketones (excluding diaryl/α,β-unsaturated/α-hetero) is 1. The molecule has 0 spiro atoms. The molecule has 0 aliphatic rings. The van der Waals surface area contributed by atoms with Crippen LogP contribution in [0.3, 0.4) is 0 Å².